The molecule has 0 amide bonds. The van der Waals surface area contributed by atoms with E-state index in [0.717, 1.165) is 5.92 Å². The van der Waals surface area contributed by atoms with Crippen molar-refractivity contribution in [2.24, 2.45) is 5.92 Å². The van der Waals surface area contributed by atoms with Gasteiger partial charge in [-0.15, -0.1) is 0 Å². The molecule has 0 heterocycles. The zero-order chi connectivity index (χ0) is 22.2. The summed E-state index contributed by atoms with van der Waals surface area (Å²) in [5, 5.41) is 15.4. The first kappa shape index (κ1) is 39.4. The van der Waals surface area contributed by atoms with E-state index in [1.807, 2.05) is 0 Å². The Hall–Kier alpha value is 1.17. The Morgan fingerprint density at radius 1 is 0.645 bits per heavy atom. The second-order valence-corrected chi connectivity index (χ2v) is 8.36. The normalized spacial score (nSPS) is 9.94. The number of unbranched alkanes of at least 4 members (excludes halogenated alkanes) is 14. The van der Waals surface area contributed by atoms with E-state index in [1.54, 1.807) is 0 Å². The van der Waals surface area contributed by atoms with Crippen LogP contribution < -0.4 is 70.2 Å². The summed E-state index contributed by atoms with van der Waals surface area (Å²) in [6.07, 6.45) is 24.9. The van der Waals surface area contributed by atoms with Gasteiger partial charge < -0.3 is 18.6 Å². The van der Waals surface area contributed by atoms with E-state index in [9.17, 15) is 9.59 Å². The van der Waals surface area contributed by atoms with Crippen LogP contribution in [0.15, 0.2) is 0 Å². The third kappa shape index (κ3) is 41.9. The van der Waals surface area contributed by atoms with Crippen LogP contribution in [0.2, 0.25) is 0 Å². The van der Waals surface area contributed by atoms with E-state index >= 15 is 0 Å². The van der Waals surface area contributed by atoms with Crippen molar-refractivity contribution in [1.82, 2.24) is 0 Å². The van der Waals surface area contributed by atoms with Gasteiger partial charge in [0.2, 0.25) is 0 Å². The van der Waals surface area contributed by atoms with Gasteiger partial charge in [0.25, 0.3) is 0 Å². The number of hydrogen-bond acceptors (Lipinski definition) is 2. The predicted octanol–water partition coefficient (Wildman–Crippen LogP) is 2.16. The molecule has 176 valence electrons. The molecule has 31 heavy (non-hydrogen) atoms. The average molecular weight is 461 g/mol. The van der Waals surface area contributed by atoms with Gasteiger partial charge in [-0.2, -0.15) is 5.92 Å². The molecule has 6 heteroatoms. The van der Waals surface area contributed by atoms with E-state index in [2.05, 4.69) is 20.8 Å². The Kier molecular flexibility index (Phi) is 42.4. The van der Waals surface area contributed by atoms with Crippen LogP contribution in [0.25, 0.3) is 0 Å². The SMILES string of the molecule is O=C(O)CC(=O)O.[CH2-]C(CCCCCCCCCC)CCCCCCCCCC.[H-].[K+].[Li+]. The van der Waals surface area contributed by atoms with E-state index in [4.69, 9.17) is 10.2 Å². The van der Waals surface area contributed by atoms with Crippen LogP contribution >= 0.6 is 0 Å². The minimum absolute atomic E-state index is 0. The van der Waals surface area contributed by atoms with Crippen LogP contribution in [0.1, 0.15) is 137 Å². The molecule has 0 unspecified atom stereocenters. The molecule has 0 aliphatic heterocycles. The van der Waals surface area contributed by atoms with E-state index < -0.39 is 18.4 Å². The van der Waals surface area contributed by atoms with Crippen molar-refractivity contribution in [2.75, 3.05) is 0 Å². The number of carboxylic acid groups (broad SMARTS) is 2. The molecule has 0 aliphatic carbocycles. The maximum absolute atomic E-state index is 9.43. The number of aliphatic carboxylic acids is 2. The molecule has 0 radical (unpaired) electrons. The summed E-state index contributed by atoms with van der Waals surface area (Å²) in [7, 11) is 0. The smallest absolute Gasteiger partial charge is 1.00 e. The van der Waals surface area contributed by atoms with Gasteiger partial charge in [0.15, 0.2) is 0 Å². The summed E-state index contributed by atoms with van der Waals surface area (Å²) in [5.41, 5.74) is 0. The number of hydrogen-bond donors (Lipinski definition) is 2. The van der Waals surface area contributed by atoms with Crippen LogP contribution in [-0.2, 0) is 9.59 Å². The van der Waals surface area contributed by atoms with Gasteiger partial charge in [0.05, 0.1) is 0 Å². The zero-order valence-corrected chi connectivity index (χ0v) is 24.6. The summed E-state index contributed by atoms with van der Waals surface area (Å²) in [6.45, 7) is 8.94. The largest absolute Gasteiger partial charge is 1.00 e. The minimum Gasteiger partial charge on any atom is -1.00 e. The molecule has 0 saturated carbocycles. The maximum Gasteiger partial charge on any atom is 1.00 e. The third-order valence-electron chi connectivity index (χ3n) is 5.23. The second kappa shape index (κ2) is 33.3. The van der Waals surface area contributed by atoms with Gasteiger partial charge in [0, 0.05) is 0 Å². The Morgan fingerprint density at radius 3 is 1.13 bits per heavy atom. The van der Waals surface area contributed by atoms with Crippen molar-refractivity contribution in [3.8, 4) is 0 Å². The fourth-order valence-electron chi connectivity index (χ4n) is 3.41. The Labute approximate surface area is 249 Å². The van der Waals surface area contributed by atoms with Crippen molar-refractivity contribution >= 4 is 11.9 Å². The zero-order valence-electron chi connectivity index (χ0n) is 22.4. The molecule has 0 aliphatic rings. The van der Waals surface area contributed by atoms with Crippen LogP contribution in [0.5, 0.6) is 0 Å². The molecular formula is C25H50KLiO4. The third-order valence-corrected chi connectivity index (χ3v) is 5.23. The van der Waals surface area contributed by atoms with Gasteiger partial charge in [-0.25, -0.2) is 0 Å². The van der Waals surface area contributed by atoms with Crippen LogP contribution in [-0.4, -0.2) is 22.2 Å². The number of carbonyl (C=O) groups is 2. The molecule has 0 fully saturated rings. The predicted molar refractivity (Wildman–Crippen MR) is 124 cm³/mol. The molecule has 2 N–H and O–H groups in total. The van der Waals surface area contributed by atoms with E-state index in [1.165, 1.54) is 116 Å². The molecule has 0 atom stereocenters. The first-order valence-electron chi connectivity index (χ1n) is 12.2. The molecule has 0 saturated heterocycles. The van der Waals surface area contributed by atoms with Gasteiger partial charge in [-0.1, -0.05) is 129 Å². The van der Waals surface area contributed by atoms with Gasteiger partial charge in [-0.3, -0.25) is 9.59 Å². The second-order valence-electron chi connectivity index (χ2n) is 8.36. The molecule has 0 bridgehead atoms. The summed E-state index contributed by atoms with van der Waals surface area (Å²) >= 11 is 0. The molecule has 0 aromatic rings. The molecule has 0 aromatic carbocycles. The van der Waals surface area contributed by atoms with Crippen LogP contribution in [0, 0.1) is 12.8 Å². The molecule has 0 spiro atoms. The number of carboxylic acids is 2. The molecule has 4 nitrogen and oxygen atoms in total. The van der Waals surface area contributed by atoms with Crippen LogP contribution in [0.4, 0.5) is 0 Å². The van der Waals surface area contributed by atoms with Crippen molar-refractivity contribution < 1.29 is 91.5 Å². The van der Waals surface area contributed by atoms with E-state index in [0.29, 0.717) is 0 Å². The van der Waals surface area contributed by atoms with Crippen molar-refractivity contribution in [3.63, 3.8) is 0 Å². The molecule has 0 rings (SSSR count). The van der Waals surface area contributed by atoms with Gasteiger partial charge >= 0.3 is 82.2 Å². The van der Waals surface area contributed by atoms with Crippen molar-refractivity contribution in [1.29, 1.82) is 0 Å². The first-order valence-corrected chi connectivity index (χ1v) is 12.2. The fraction of sp³-hybridized carbons (Fsp3) is 0.880. The number of rotatable bonds is 20. The maximum atomic E-state index is 9.43. The monoisotopic (exact) mass is 460 g/mol. The van der Waals surface area contributed by atoms with Gasteiger partial charge in [0.1, 0.15) is 6.42 Å². The first-order chi connectivity index (χ1) is 13.9. The Morgan fingerprint density at radius 2 is 0.903 bits per heavy atom. The average Bonchev–Trinajstić information content (AvgIpc) is 2.65. The quantitative estimate of drug-likeness (QED) is 0.126. The Balaban J connectivity index is -0.000000211. The van der Waals surface area contributed by atoms with Gasteiger partial charge in [-0.05, 0) is 0 Å². The van der Waals surface area contributed by atoms with Crippen molar-refractivity contribution in [2.45, 2.75) is 136 Å². The fourth-order valence-corrected chi connectivity index (χ4v) is 3.41. The topological polar surface area (TPSA) is 74.6 Å². The minimum atomic E-state index is -1.31. The van der Waals surface area contributed by atoms with E-state index in [-0.39, 0.29) is 71.7 Å². The summed E-state index contributed by atoms with van der Waals surface area (Å²) < 4.78 is 0. The van der Waals surface area contributed by atoms with Crippen molar-refractivity contribution in [3.05, 3.63) is 6.92 Å². The molecule has 0 aromatic heterocycles. The van der Waals surface area contributed by atoms with Crippen LogP contribution in [0.3, 0.4) is 0 Å². The summed E-state index contributed by atoms with van der Waals surface area (Å²) in [5.74, 6) is -1.90. The standard InChI is InChI=1S/C22H45.C3H4O4.K.Li.H/c1-4-6-8-10-12-14-16-18-20-22(3)21-19-17-15-13-11-9-7-5-2;4-2(5)1-3(6)7;;;/h22H,3-21H2,1-2H3;1H2,(H,4,5)(H,6,7);;;/q-1;;2*+1;-1. The summed E-state index contributed by atoms with van der Waals surface area (Å²) in [6, 6.07) is 0. The Bertz CT molecular complexity index is 342. The summed E-state index contributed by atoms with van der Waals surface area (Å²) in [4.78, 5) is 18.9. The molecular weight excluding hydrogens is 410 g/mol.